The second kappa shape index (κ2) is 8.52. The Bertz CT molecular complexity index is 1020. The van der Waals surface area contributed by atoms with Crippen molar-refractivity contribution in [3.63, 3.8) is 0 Å². The molecule has 11 heteroatoms. The normalized spacial score (nSPS) is 11.7. The molecular formula is C18H17F3N2O5S. The van der Waals surface area contributed by atoms with Crippen molar-refractivity contribution in [3.8, 4) is 0 Å². The first-order valence-electron chi connectivity index (χ1n) is 8.21. The molecule has 0 saturated carbocycles. The molecule has 2 aromatic carbocycles. The van der Waals surface area contributed by atoms with Crippen LogP contribution in [0.5, 0.6) is 0 Å². The van der Waals surface area contributed by atoms with E-state index < -0.39 is 39.3 Å². The number of carboxylic acids is 1. The van der Waals surface area contributed by atoms with E-state index in [0.29, 0.717) is 11.6 Å². The third-order valence-electron chi connectivity index (χ3n) is 3.75. The molecule has 0 aliphatic carbocycles. The highest BCUT2D eigenvalue weighted by Crippen LogP contribution is 2.37. The first-order valence-corrected chi connectivity index (χ1v) is 9.69. The molecule has 1 amide bonds. The lowest BCUT2D eigenvalue weighted by atomic mass is 10.1. The Morgan fingerprint density at radius 1 is 1.07 bits per heavy atom. The van der Waals surface area contributed by atoms with Gasteiger partial charge in [-0.2, -0.15) is 13.2 Å². The second-order valence-corrected chi connectivity index (χ2v) is 7.76. The Labute approximate surface area is 164 Å². The molecule has 0 aliphatic heterocycles. The summed E-state index contributed by atoms with van der Waals surface area (Å²) in [7, 11) is -4.33. The monoisotopic (exact) mass is 430 g/mol. The zero-order chi connectivity index (χ0) is 21.8. The Morgan fingerprint density at radius 3 is 2.21 bits per heavy atom. The number of sulfonamides is 1. The fourth-order valence-corrected chi connectivity index (χ4v) is 3.52. The molecule has 0 bridgehead atoms. The smallest absolute Gasteiger partial charge is 0.418 e. The second-order valence-electron chi connectivity index (χ2n) is 6.08. The van der Waals surface area contributed by atoms with Gasteiger partial charge in [0.15, 0.2) is 0 Å². The largest absolute Gasteiger partial charge is 0.481 e. The van der Waals surface area contributed by atoms with Gasteiger partial charge in [-0.25, -0.2) is 8.42 Å². The van der Waals surface area contributed by atoms with E-state index in [1.807, 2.05) is 4.72 Å². The SMILES string of the molecule is CC(=O)Nc1ccc(NS(=O)(=O)c2ccc(CCC(=O)O)cc2)c(C(F)(F)F)c1. The molecule has 2 aromatic rings. The first kappa shape index (κ1) is 22.2. The summed E-state index contributed by atoms with van der Waals surface area (Å²) in [5, 5.41) is 10.9. The fraction of sp³-hybridized carbons (Fsp3) is 0.222. The first-order chi connectivity index (χ1) is 13.4. The van der Waals surface area contributed by atoms with Crippen LogP contribution < -0.4 is 10.0 Å². The van der Waals surface area contributed by atoms with Crippen LogP contribution >= 0.6 is 0 Å². The molecule has 0 heterocycles. The number of carboxylic acid groups (broad SMARTS) is 1. The van der Waals surface area contributed by atoms with Gasteiger partial charge in [0.1, 0.15) is 0 Å². The number of carbonyl (C=O) groups is 2. The molecule has 0 spiro atoms. The van der Waals surface area contributed by atoms with Crippen LogP contribution in [-0.4, -0.2) is 25.4 Å². The van der Waals surface area contributed by atoms with E-state index in [2.05, 4.69) is 5.32 Å². The van der Waals surface area contributed by atoms with Crippen LogP contribution in [0.1, 0.15) is 24.5 Å². The van der Waals surface area contributed by atoms with Gasteiger partial charge in [0.05, 0.1) is 16.1 Å². The van der Waals surface area contributed by atoms with E-state index in [1.165, 1.54) is 24.3 Å². The number of carbonyl (C=O) groups excluding carboxylic acids is 1. The van der Waals surface area contributed by atoms with Crippen LogP contribution in [0.25, 0.3) is 0 Å². The van der Waals surface area contributed by atoms with Crippen molar-refractivity contribution in [1.82, 2.24) is 0 Å². The number of hydrogen-bond acceptors (Lipinski definition) is 4. The number of aliphatic carboxylic acids is 1. The lowest BCUT2D eigenvalue weighted by molar-refractivity contribution is -0.137. The van der Waals surface area contributed by atoms with Gasteiger partial charge in [-0.3, -0.25) is 14.3 Å². The highest BCUT2D eigenvalue weighted by atomic mass is 32.2. The maximum atomic E-state index is 13.4. The van der Waals surface area contributed by atoms with E-state index in [-0.39, 0.29) is 23.4 Å². The number of amides is 1. The van der Waals surface area contributed by atoms with Gasteiger partial charge >= 0.3 is 12.1 Å². The molecule has 0 fully saturated rings. The molecule has 156 valence electrons. The van der Waals surface area contributed by atoms with Crippen molar-refractivity contribution in [1.29, 1.82) is 0 Å². The summed E-state index contributed by atoms with van der Waals surface area (Å²) >= 11 is 0. The minimum Gasteiger partial charge on any atom is -0.481 e. The van der Waals surface area contributed by atoms with Crippen molar-refractivity contribution in [2.75, 3.05) is 10.0 Å². The molecule has 0 saturated heterocycles. The minimum absolute atomic E-state index is 0.129. The Morgan fingerprint density at radius 2 is 1.69 bits per heavy atom. The summed E-state index contributed by atoms with van der Waals surface area (Å²) in [6, 6.07) is 7.83. The summed E-state index contributed by atoms with van der Waals surface area (Å²) < 4.78 is 66.9. The number of benzene rings is 2. The van der Waals surface area contributed by atoms with Gasteiger partial charge in [-0.15, -0.1) is 0 Å². The molecule has 0 atom stereocenters. The summed E-state index contributed by atoms with van der Waals surface area (Å²) in [4.78, 5) is 21.3. The van der Waals surface area contributed by atoms with Gasteiger partial charge in [-0.05, 0) is 42.3 Å². The average Bonchev–Trinajstić information content (AvgIpc) is 2.60. The van der Waals surface area contributed by atoms with E-state index in [9.17, 15) is 31.2 Å². The van der Waals surface area contributed by atoms with Crippen LogP contribution in [0.3, 0.4) is 0 Å². The molecule has 3 N–H and O–H groups in total. The average molecular weight is 430 g/mol. The van der Waals surface area contributed by atoms with Crippen molar-refractivity contribution in [3.05, 3.63) is 53.6 Å². The summed E-state index contributed by atoms with van der Waals surface area (Å²) in [5.74, 6) is -1.58. The number of anilines is 2. The molecule has 7 nitrogen and oxygen atoms in total. The molecule has 2 rings (SSSR count). The Kier molecular flexibility index (Phi) is 6.52. The van der Waals surface area contributed by atoms with Crippen molar-refractivity contribution in [2.24, 2.45) is 0 Å². The van der Waals surface area contributed by atoms with Crippen LogP contribution in [0.15, 0.2) is 47.4 Å². The van der Waals surface area contributed by atoms with Crippen LogP contribution in [0.2, 0.25) is 0 Å². The zero-order valence-electron chi connectivity index (χ0n) is 15.1. The lowest BCUT2D eigenvalue weighted by Gasteiger charge is -2.16. The number of alkyl halides is 3. The predicted octanol–water partition coefficient (Wildman–Crippen LogP) is 3.48. The van der Waals surface area contributed by atoms with Crippen molar-refractivity contribution < 1.29 is 36.3 Å². The summed E-state index contributed by atoms with van der Waals surface area (Å²) in [5.41, 5.74) is -1.51. The molecule has 0 aliphatic rings. The number of rotatable bonds is 7. The maximum absolute atomic E-state index is 13.4. The van der Waals surface area contributed by atoms with E-state index in [0.717, 1.165) is 19.1 Å². The molecule has 29 heavy (non-hydrogen) atoms. The number of aryl methyl sites for hydroxylation is 1. The van der Waals surface area contributed by atoms with Gasteiger partial charge in [-0.1, -0.05) is 12.1 Å². The molecule has 0 radical (unpaired) electrons. The lowest BCUT2D eigenvalue weighted by Crippen LogP contribution is -2.18. The van der Waals surface area contributed by atoms with Crippen LogP contribution in [-0.2, 0) is 32.2 Å². The predicted molar refractivity (Wildman–Crippen MR) is 99.0 cm³/mol. The number of hydrogen-bond donors (Lipinski definition) is 3. The third kappa shape index (κ3) is 6.21. The molecular weight excluding hydrogens is 413 g/mol. The Balaban J connectivity index is 2.31. The van der Waals surface area contributed by atoms with E-state index in [4.69, 9.17) is 5.11 Å². The fourth-order valence-electron chi connectivity index (χ4n) is 2.44. The summed E-state index contributed by atoms with van der Waals surface area (Å²) in [6.45, 7) is 1.13. The molecule has 0 aromatic heterocycles. The quantitative estimate of drug-likeness (QED) is 0.623. The zero-order valence-corrected chi connectivity index (χ0v) is 15.9. The van der Waals surface area contributed by atoms with Crippen molar-refractivity contribution >= 4 is 33.3 Å². The topological polar surface area (TPSA) is 113 Å². The molecule has 0 unspecified atom stereocenters. The van der Waals surface area contributed by atoms with E-state index in [1.54, 1.807) is 0 Å². The van der Waals surface area contributed by atoms with Gasteiger partial charge in [0.25, 0.3) is 10.0 Å². The van der Waals surface area contributed by atoms with Gasteiger partial charge < -0.3 is 10.4 Å². The van der Waals surface area contributed by atoms with Gasteiger partial charge in [0, 0.05) is 19.0 Å². The highest BCUT2D eigenvalue weighted by molar-refractivity contribution is 7.92. The highest BCUT2D eigenvalue weighted by Gasteiger charge is 2.35. The van der Waals surface area contributed by atoms with Crippen LogP contribution in [0.4, 0.5) is 24.5 Å². The van der Waals surface area contributed by atoms with Crippen LogP contribution in [0, 0.1) is 0 Å². The maximum Gasteiger partial charge on any atom is 0.418 e. The van der Waals surface area contributed by atoms with Gasteiger partial charge in [0.2, 0.25) is 5.91 Å². The van der Waals surface area contributed by atoms with E-state index >= 15 is 0 Å². The standard InChI is InChI=1S/C18H17F3N2O5S/c1-11(24)22-13-5-8-16(15(10-13)18(19,20)21)23-29(27,28)14-6-2-12(3-7-14)4-9-17(25)26/h2-3,5-8,10,23H,4,9H2,1H3,(H,22,24)(H,25,26). The number of nitrogens with one attached hydrogen (secondary N) is 2. The van der Waals surface area contributed by atoms with Crippen molar-refractivity contribution in [2.45, 2.75) is 30.8 Å². The number of halogens is 3. The third-order valence-corrected chi connectivity index (χ3v) is 5.13. The Hall–Kier alpha value is -3.08. The summed E-state index contributed by atoms with van der Waals surface area (Å²) in [6.07, 6.45) is -4.82. The minimum atomic E-state index is -4.87.